The highest BCUT2D eigenvalue weighted by atomic mass is 32.1. The number of amides is 1. The van der Waals surface area contributed by atoms with Crippen molar-refractivity contribution in [2.75, 3.05) is 39.5 Å². The number of aromatic nitrogens is 1. The van der Waals surface area contributed by atoms with E-state index in [1.54, 1.807) is 10.3 Å². The fraction of sp³-hybridized carbons (Fsp3) is 0.636. The van der Waals surface area contributed by atoms with E-state index in [0.29, 0.717) is 16.7 Å². The summed E-state index contributed by atoms with van der Waals surface area (Å²) < 4.78 is 0. The summed E-state index contributed by atoms with van der Waals surface area (Å²) in [6.07, 6.45) is 1.16. The number of hydrogen-bond donors (Lipinski definition) is 1. The molecule has 2 rings (SSSR count). The summed E-state index contributed by atoms with van der Waals surface area (Å²) in [6.45, 7) is 2.98. The smallest absolute Gasteiger partial charge is 0.273 e. The predicted octanol–water partition coefficient (Wildman–Crippen LogP) is 0.749. The average molecular weight is 254 g/mol. The van der Waals surface area contributed by atoms with Crippen LogP contribution in [-0.2, 0) is 0 Å². The number of nitrogens with two attached hydrogens (primary N) is 1. The van der Waals surface area contributed by atoms with E-state index in [1.165, 1.54) is 11.3 Å². The second-order valence-electron chi connectivity index (χ2n) is 4.67. The predicted molar refractivity (Wildman–Crippen MR) is 69.1 cm³/mol. The summed E-state index contributed by atoms with van der Waals surface area (Å²) in [5, 5.41) is 2.16. The summed E-state index contributed by atoms with van der Waals surface area (Å²) in [5.41, 5.74) is 5.99. The van der Waals surface area contributed by atoms with Gasteiger partial charge in [-0.2, -0.15) is 0 Å². The van der Waals surface area contributed by atoms with Gasteiger partial charge in [-0.05, 0) is 25.9 Å². The molecule has 1 aromatic heterocycles. The lowest BCUT2D eigenvalue weighted by Crippen LogP contribution is -2.33. The van der Waals surface area contributed by atoms with E-state index in [-0.39, 0.29) is 5.91 Å². The van der Waals surface area contributed by atoms with Gasteiger partial charge in [-0.15, -0.1) is 11.3 Å². The van der Waals surface area contributed by atoms with Gasteiger partial charge in [0.2, 0.25) is 0 Å². The van der Waals surface area contributed by atoms with Crippen molar-refractivity contribution in [3.8, 4) is 0 Å². The van der Waals surface area contributed by atoms with Gasteiger partial charge in [0, 0.05) is 25.5 Å². The van der Waals surface area contributed by atoms with Crippen LogP contribution in [0.1, 0.15) is 16.9 Å². The van der Waals surface area contributed by atoms with Gasteiger partial charge in [0.25, 0.3) is 5.91 Å². The molecule has 1 aliphatic heterocycles. The molecule has 0 aromatic carbocycles. The number of thiazole rings is 1. The van der Waals surface area contributed by atoms with Crippen molar-refractivity contribution in [1.29, 1.82) is 0 Å². The monoisotopic (exact) mass is 254 g/mol. The number of nitrogens with zero attached hydrogens (tertiary/aromatic N) is 3. The summed E-state index contributed by atoms with van der Waals surface area (Å²) in [7, 11) is 3.94. The largest absolute Gasteiger partial charge is 0.375 e. The number of rotatable bonds is 3. The van der Waals surface area contributed by atoms with Crippen LogP contribution in [0.15, 0.2) is 5.38 Å². The molecule has 0 bridgehead atoms. The van der Waals surface area contributed by atoms with Gasteiger partial charge in [0.15, 0.2) is 5.13 Å². The lowest BCUT2D eigenvalue weighted by molar-refractivity contribution is 0.0769. The van der Waals surface area contributed by atoms with Crippen molar-refractivity contribution in [3.63, 3.8) is 0 Å². The second-order valence-corrected chi connectivity index (χ2v) is 5.56. The normalized spacial score (nSPS) is 20.7. The maximum absolute atomic E-state index is 12.0. The Morgan fingerprint density at radius 2 is 2.53 bits per heavy atom. The zero-order valence-corrected chi connectivity index (χ0v) is 11.0. The van der Waals surface area contributed by atoms with Crippen molar-refractivity contribution in [2.45, 2.75) is 6.42 Å². The quantitative estimate of drug-likeness (QED) is 0.864. The van der Waals surface area contributed by atoms with Crippen LogP contribution < -0.4 is 5.73 Å². The average Bonchev–Trinajstić information content (AvgIpc) is 2.87. The number of carbonyl (C=O) groups excluding carboxylic acids is 1. The fourth-order valence-electron chi connectivity index (χ4n) is 2.23. The highest BCUT2D eigenvalue weighted by molar-refractivity contribution is 7.13. The van der Waals surface area contributed by atoms with Gasteiger partial charge in [-0.1, -0.05) is 0 Å². The van der Waals surface area contributed by atoms with Gasteiger partial charge in [-0.25, -0.2) is 4.98 Å². The van der Waals surface area contributed by atoms with E-state index in [0.717, 1.165) is 26.1 Å². The van der Waals surface area contributed by atoms with Crippen molar-refractivity contribution >= 4 is 22.4 Å². The highest BCUT2D eigenvalue weighted by Crippen LogP contribution is 2.17. The molecule has 17 heavy (non-hydrogen) atoms. The molecule has 1 saturated heterocycles. The Kier molecular flexibility index (Phi) is 3.63. The first kappa shape index (κ1) is 12.3. The van der Waals surface area contributed by atoms with Crippen LogP contribution in [0, 0.1) is 5.92 Å². The van der Waals surface area contributed by atoms with Gasteiger partial charge >= 0.3 is 0 Å². The molecule has 5 nitrogen and oxygen atoms in total. The molecule has 0 radical (unpaired) electrons. The van der Waals surface area contributed by atoms with Crippen molar-refractivity contribution in [2.24, 2.45) is 5.92 Å². The summed E-state index contributed by atoms with van der Waals surface area (Å²) in [5.74, 6) is 0.539. The van der Waals surface area contributed by atoms with E-state index >= 15 is 0 Å². The molecule has 1 fully saturated rings. The molecule has 2 N–H and O–H groups in total. The van der Waals surface area contributed by atoms with Crippen LogP contribution in [-0.4, -0.2) is 54.4 Å². The molecule has 94 valence electrons. The highest BCUT2D eigenvalue weighted by Gasteiger charge is 2.23. The zero-order valence-electron chi connectivity index (χ0n) is 10.2. The van der Waals surface area contributed by atoms with Crippen LogP contribution in [0.4, 0.5) is 5.13 Å². The van der Waals surface area contributed by atoms with Crippen LogP contribution in [0.3, 0.4) is 0 Å². The lowest BCUT2D eigenvalue weighted by Gasteiger charge is -2.20. The maximum atomic E-state index is 12.0. The summed E-state index contributed by atoms with van der Waals surface area (Å²) in [6, 6.07) is 0. The summed E-state index contributed by atoms with van der Waals surface area (Å²) in [4.78, 5) is 20.1. The van der Waals surface area contributed by atoms with Gasteiger partial charge in [-0.3, -0.25) is 4.79 Å². The molecule has 1 atom stereocenters. The molecule has 6 heteroatoms. The minimum absolute atomic E-state index is 0.0347. The molecule has 1 unspecified atom stereocenters. The van der Waals surface area contributed by atoms with E-state index in [1.807, 2.05) is 7.05 Å². The third-order valence-corrected chi connectivity index (χ3v) is 3.78. The SMILES string of the molecule is CN1CCC(CN(C)C(=O)c2csc(N)n2)C1. The van der Waals surface area contributed by atoms with Crippen LogP contribution in [0.5, 0.6) is 0 Å². The van der Waals surface area contributed by atoms with Gasteiger partial charge in [0.1, 0.15) is 5.69 Å². The van der Waals surface area contributed by atoms with E-state index in [4.69, 9.17) is 5.73 Å². The number of likely N-dealkylation sites (tertiary alicyclic amines) is 1. The molecular formula is C11H18N4OS. The van der Waals surface area contributed by atoms with Crippen LogP contribution in [0.25, 0.3) is 0 Å². The molecule has 1 aromatic rings. The number of carbonyl (C=O) groups is 1. The standard InChI is InChI=1S/C11H18N4OS/c1-14-4-3-8(5-14)6-15(2)10(16)9-7-17-11(12)13-9/h7-8H,3-6H2,1-2H3,(H2,12,13). The minimum atomic E-state index is -0.0347. The number of hydrogen-bond acceptors (Lipinski definition) is 5. The van der Waals surface area contributed by atoms with E-state index in [9.17, 15) is 4.79 Å². The molecule has 2 heterocycles. The van der Waals surface area contributed by atoms with Gasteiger partial charge < -0.3 is 15.5 Å². The first-order chi connectivity index (χ1) is 8.06. The van der Waals surface area contributed by atoms with Crippen molar-refractivity contribution in [1.82, 2.24) is 14.8 Å². The van der Waals surface area contributed by atoms with Crippen LogP contribution in [0.2, 0.25) is 0 Å². The number of nitrogen functional groups attached to an aromatic ring is 1. The molecular weight excluding hydrogens is 236 g/mol. The fourth-order valence-corrected chi connectivity index (χ4v) is 2.76. The third kappa shape index (κ3) is 2.95. The Balaban J connectivity index is 1.91. The minimum Gasteiger partial charge on any atom is -0.375 e. The molecule has 0 spiro atoms. The number of anilines is 1. The Labute approximate surface area is 105 Å². The Bertz CT molecular complexity index is 406. The first-order valence-corrected chi connectivity index (χ1v) is 6.59. The molecule has 1 amide bonds. The lowest BCUT2D eigenvalue weighted by atomic mass is 10.1. The molecule has 0 aliphatic carbocycles. The first-order valence-electron chi connectivity index (χ1n) is 5.71. The zero-order chi connectivity index (χ0) is 12.4. The topological polar surface area (TPSA) is 62.5 Å². The summed E-state index contributed by atoms with van der Waals surface area (Å²) >= 11 is 1.30. The van der Waals surface area contributed by atoms with Crippen molar-refractivity contribution < 1.29 is 4.79 Å². The van der Waals surface area contributed by atoms with E-state index in [2.05, 4.69) is 16.9 Å². The van der Waals surface area contributed by atoms with Crippen molar-refractivity contribution in [3.05, 3.63) is 11.1 Å². The van der Waals surface area contributed by atoms with Gasteiger partial charge in [0.05, 0.1) is 0 Å². The van der Waals surface area contributed by atoms with E-state index < -0.39 is 0 Å². The second kappa shape index (κ2) is 5.01. The maximum Gasteiger partial charge on any atom is 0.273 e. The Morgan fingerprint density at radius 3 is 3.06 bits per heavy atom. The Morgan fingerprint density at radius 1 is 1.76 bits per heavy atom. The third-order valence-electron chi connectivity index (χ3n) is 3.11. The Hall–Kier alpha value is -1.14. The molecule has 1 aliphatic rings. The van der Waals surface area contributed by atoms with Crippen LogP contribution >= 0.6 is 11.3 Å². The molecule has 0 saturated carbocycles.